The number of benzene rings is 1. The predicted octanol–water partition coefficient (Wildman–Crippen LogP) is 0.907. The summed E-state index contributed by atoms with van der Waals surface area (Å²) in [6.45, 7) is 1.80. The van der Waals surface area contributed by atoms with Crippen LogP contribution in [-0.2, 0) is 0 Å². The maximum atomic E-state index is 11.6. The van der Waals surface area contributed by atoms with E-state index >= 15 is 0 Å². The Bertz CT molecular complexity index is 939. The molecule has 1 aromatic carbocycles. The summed E-state index contributed by atoms with van der Waals surface area (Å²) in [5, 5.41) is 12.3. The van der Waals surface area contributed by atoms with Crippen molar-refractivity contribution < 1.29 is 4.79 Å². The van der Waals surface area contributed by atoms with Gasteiger partial charge in [0.1, 0.15) is 17.4 Å². The van der Waals surface area contributed by atoms with Crippen molar-refractivity contribution >= 4 is 34.4 Å². The van der Waals surface area contributed by atoms with Crippen LogP contribution in [-0.4, -0.2) is 52.0 Å². The van der Waals surface area contributed by atoms with Crippen LogP contribution < -0.4 is 21.3 Å². The number of amides is 1. The second-order valence-electron chi connectivity index (χ2n) is 5.93. The fraction of sp³-hybridized carbons (Fsp3) is 0.235. The molecule has 0 saturated carbocycles. The van der Waals surface area contributed by atoms with Crippen molar-refractivity contribution in [3.8, 4) is 0 Å². The van der Waals surface area contributed by atoms with Gasteiger partial charge in [-0.1, -0.05) is 0 Å². The summed E-state index contributed by atoms with van der Waals surface area (Å²) in [6.07, 6.45) is 3.15. The zero-order chi connectivity index (χ0) is 17.9. The van der Waals surface area contributed by atoms with E-state index in [0.29, 0.717) is 34.4 Å². The normalized spacial score (nSPS) is 13.9. The Kier molecular flexibility index (Phi) is 4.28. The van der Waals surface area contributed by atoms with Gasteiger partial charge in [0.2, 0.25) is 5.95 Å². The smallest absolute Gasteiger partial charge is 0.251 e. The molecular weight excluding hydrogens is 332 g/mol. The van der Waals surface area contributed by atoms with E-state index in [4.69, 9.17) is 0 Å². The molecule has 1 saturated heterocycles. The van der Waals surface area contributed by atoms with Gasteiger partial charge in [-0.05, 0) is 24.3 Å². The highest BCUT2D eigenvalue weighted by Crippen LogP contribution is 2.22. The molecule has 1 amide bonds. The highest BCUT2D eigenvalue weighted by Gasteiger charge is 2.18. The molecule has 4 rings (SSSR count). The highest BCUT2D eigenvalue weighted by molar-refractivity contribution is 5.94. The lowest BCUT2D eigenvalue weighted by atomic mass is 10.2. The van der Waals surface area contributed by atoms with Crippen molar-refractivity contribution in [2.45, 2.75) is 6.04 Å². The average Bonchev–Trinajstić information content (AvgIpc) is 2.65. The lowest BCUT2D eigenvalue weighted by Crippen LogP contribution is -2.51. The Hall–Kier alpha value is -3.33. The average molecular weight is 350 g/mol. The number of hydrogen-bond donors (Lipinski definition) is 4. The molecular formula is C17H18N8O. The van der Waals surface area contributed by atoms with Crippen molar-refractivity contribution in [2.75, 3.05) is 30.8 Å². The molecule has 0 atom stereocenters. The molecule has 4 N–H and O–H groups in total. The monoisotopic (exact) mass is 350 g/mol. The minimum Gasteiger partial charge on any atom is -0.355 e. The Morgan fingerprint density at radius 2 is 1.96 bits per heavy atom. The van der Waals surface area contributed by atoms with E-state index in [0.717, 1.165) is 18.8 Å². The number of nitrogens with zero attached hydrogens (tertiary/aromatic N) is 4. The number of nitrogens with one attached hydrogen (secondary N) is 4. The van der Waals surface area contributed by atoms with Crippen molar-refractivity contribution in [1.29, 1.82) is 0 Å². The van der Waals surface area contributed by atoms with E-state index in [2.05, 4.69) is 41.2 Å². The zero-order valence-electron chi connectivity index (χ0n) is 14.2. The predicted molar refractivity (Wildman–Crippen MR) is 98.5 cm³/mol. The van der Waals surface area contributed by atoms with Crippen LogP contribution in [0.2, 0.25) is 0 Å². The molecule has 9 nitrogen and oxygen atoms in total. The minimum absolute atomic E-state index is 0.127. The summed E-state index contributed by atoms with van der Waals surface area (Å²) < 4.78 is 0. The van der Waals surface area contributed by atoms with Gasteiger partial charge in [-0.15, -0.1) is 0 Å². The number of hydrogen-bond acceptors (Lipinski definition) is 8. The summed E-state index contributed by atoms with van der Waals surface area (Å²) in [5.74, 6) is 1.01. The largest absolute Gasteiger partial charge is 0.355 e. The number of carbonyl (C=O) groups is 1. The van der Waals surface area contributed by atoms with Crippen LogP contribution in [0.5, 0.6) is 0 Å². The second kappa shape index (κ2) is 6.89. The van der Waals surface area contributed by atoms with E-state index in [-0.39, 0.29) is 5.91 Å². The molecule has 2 aromatic heterocycles. The van der Waals surface area contributed by atoms with Crippen LogP contribution in [0.25, 0.3) is 11.0 Å². The SMILES string of the molecule is CNC(=O)c1ccc(Nc2ncnc3cnc(NC4CNC4)nc23)cc1. The first kappa shape index (κ1) is 16.2. The van der Waals surface area contributed by atoms with Crippen molar-refractivity contribution in [2.24, 2.45) is 0 Å². The van der Waals surface area contributed by atoms with Gasteiger partial charge in [-0.3, -0.25) is 4.79 Å². The van der Waals surface area contributed by atoms with Crippen molar-refractivity contribution in [1.82, 2.24) is 30.6 Å². The third kappa shape index (κ3) is 3.24. The van der Waals surface area contributed by atoms with Gasteiger partial charge >= 0.3 is 0 Å². The van der Waals surface area contributed by atoms with Crippen LogP contribution in [0, 0.1) is 0 Å². The maximum Gasteiger partial charge on any atom is 0.251 e. The molecule has 9 heteroatoms. The van der Waals surface area contributed by atoms with E-state index in [1.807, 2.05) is 12.1 Å². The molecule has 0 aliphatic carbocycles. The molecule has 1 aliphatic rings. The summed E-state index contributed by atoms with van der Waals surface area (Å²) in [4.78, 5) is 29.0. The van der Waals surface area contributed by atoms with Gasteiger partial charge < -0.3 is 21.3 Å². The fourth-order valence-corrected chi connectivity index (χ4v) is 2.57. The van der Waals surface area contributed by atoms with Crippen LogP contribution in [0.4, 0.5) is 17.5 Å². The lowest BCUT2D eigenvalue weighted by Gasteiger charge is -2.27. The van der Waals surface area contributed by atoms with Crippen molar-refractivity contribution in [3.05, 3.63) is 42.4 Å². The van der Waals surface area contributed by atoms with E-state index in [1.165, 1.54) is 6.33 Å². The quantitative estimate of drug-likeness (QED) is 0.536. The Morgan fingerprint density at radius 1 is 1.15 bits per heavy atom. The molecule has 26 heavy (non-hydrogen) atoms. The van der Waals surface area contributed by atoms with E-state index in [9.17, 15) is 4.79 Å². The summed E-state index contributed by atoms with van der Waals surface area (Å²) in [6, 6.07) is 7.47. The van der Waals surface area contributed by atoms with Crippen LogP contribution in [0.1, 0.15) is 10.4 Å². The molecule has 132 valence electrons. The summed E-state index contributed by atoms with van der Waals surface area (Å²) in [7, 11) is 1.60. The molecule has 0 unspecified atom stereocenters. The van der Waals surface area contributed by atoms with Gasteiger partial charge in [-0.25, -0.2) is 19.9 Å². The minimum atomic E-state index is -0.127. The number of carbonyl (C=O) groups excluding carboxylic acids is 1. The maximum absolute atomic E-state index is 11.6. The van der Waals surface area contributed by atoms with Crippen LogP contribution in [0.15, 0.2) is 36.8 Å². The van der Waals surface area contributed by atoms with Gasteiger partial charge in [-0.2, -0.15) is 0 Å². The molecule has 1 fully saturated rings. The van der Waals surface area contributed by atoms with Crippen LogP contribution >= 0.6 is 0 Å². The number of aromatic nitrogens is 4. The molecule has 3 heterocycles. The van der Waals surface area contributed by atoms with Gasteiger partial charge in [0.25, 0.3) is 5.91 Å². The first-order chi connectivity index (χ1) is 12.7. The standard InChI is InChI=1S/C17H18N8O/c1-18-16(26)10-2-4-11(5-3-10)23-15-14-13(21-9-22-15)8-20-17(25-14)24-12-6-19-7-12/h2-5,8-9,12,19H,6-7H2,1H3,(H,18,26)(H,20,24,25)(H,21,22,23). The van der Waals surface area contributed by atoms with Crippen molar-refractivity contribution in [3.63, 3.8) is 0 Å². The molecule has 1 aliphatic heterocycles. The third-order valence-electron chi connectivity index (χ3n) is 4.13. The second-order valence-corrected chi connectivity index (χ2v) is 5.93. The first-order valence-corrected chi connectivity index (χ1v) is 8.27. The first-order valence-electron chi connectivity index (χ1n) is 8.27. The topological polar surface area (TPSA) is 117 Å². The highest BCUT2D eigenvalue weighted by atomic mass is 16.1. The molecule has 3 aromatic rings. The summed E-state index contributed by atoms with van der Waals surface area (Å²) >= 11 is 0. The summed E-state index contributed by atoms with van der Waals surface area (Å²) in [5.41, 5.74) is 2.68. The van der Waals surface area contributed by atoms with Gasteiger partial charge in [0.15, 0.2) is 5.82 Å². The fourth-order valence-electron chi connectivity index (χ4n) is 2.57. The number of fused-ring (bicyclic) bond motifs is 1. The van der Waals surface area contributed by atoms with Crippen LogP contribution in [0.3, 0.4) is 0 Å². The Balaban J connectivity index is 1.60. The Morgan fingerprint density at radius 3 is 2.65 bits per heavy atom. The van der Waals surface area contributed by atoms with Gasteiger partial charge in [0.05, 0.1) is 12.2 Å². The van der Waals surface area contributed by atoms with Gasteiger partial charge in [0, 0.05) is 31.4 Å². The molecule has 0 bridgehead atoms. The Labute approximate surface area is 149 Å². The van der Waals surface area contributed by atoms with E-state index in [1.54, 1.807) is 25.4 Å². The molecule has 0 spiro atoms. The number of rotatable bonds is 5. The molecule has 0 radical (unpaired) electrons. The third-order valence-corrected chi connectivity index (χ3v) is 4.13. The number of anilines is 3. The lowest BCUT2D eigenvalue weighted by molar-refractivity contribution is 0.0963. The zero-order valence-corrected chi connectivity index (χ0v) is 14.2. The van der Waals surface area contributed by atoms with E-state index < -0.39 is 0 Å².